The molecule has 1 atom stereocenters. The summed E-state index contributed by atoms with van der Waals surface area (Å²) in [5.41, 5.74) is 0. The van der Waals surface area contributed by atoms with E-state index in [-0.39, 0.29) is 23.8 Å². The van der Waals surface area contributed by atoms with Gasteiger partial charge in [0.2, 0.25) is 0 Å². The number of carbonyl (C=O) groups is 2. The summed E-state index contributed by atoms with van der Waals surface area (Å²) in [5, 5.41) is 2.93. The van der Waals surface area contributed by atoms with Crippen molar-refractivity contribution in [3.05, 3.63) is 0 Å². The Kier molecular flexibility index (Phi) is 5.37. The number of rotatable bonds is 3. The number of amides is 2. The van der Waals surface area contributed by atoms with Crippen LogP contribution in [0.4, 0.5) is 4.79 Å². The second kappa shape index (κ2) is 7.04. The molecule has 2 aliphatic rings. The van der Waals surface area contributed by atoms with E-state index < -0.39 is 0 Å². The second-order valence-electron chi connectivity index (χ2n) is 5.78. The van der Waals surface area contributed by atoms with Crippen LogP contribution in [0.2, 0.25) is 0 Å². The Balaban J connectivity index is 1.90. The van der Waals surface area contributed by atoms with E-state index in [2.05, 4.69) is 17.3 Å². The highest BCUT2D eigenvalue weighted by Crippen LogP contribution is 2.19. The maximum atomic E-state index is 12.3. The lowest BCUT2D eigenvalue weighted by Crippen LogP contribution is -2.55. The second-order valence-corrected chi connectivity index (χ2v) is 5.78. The van der Waals surface area contributed by atoms with E-state index in [0.29, 0.717) is 13.2 Å². The number of likely N-dealkylation sites (N-methyl/N-ethyl adjacent to an activating group) is 1. The molecule has 0 aromatic carbocycles. The van der Waals surface area contributed by atoms with Gasteiger partial charge in [-0.25, -0.2) is 4.79 Å². The first-order valence-corrected chi connectivity index (χ1v) is 7.40. The van der Waals surface area contributed by atoms with Crippen molar-refractivity contribution in [3.8, 4) is 0 Å². The fraction of sp³-hybridized carbons (Fsp3) is 0.857. The molecule has 6 nitrogen and oxygen atoms in total. The standard InChI is InChI=1S/C14H25N3O3/c1-11(18)13(12-3-9-20-10-4-12)15-14(19)17-7-5-16(2)6-8-17/h12-13H,3-10H2,1-2H3,(H,15,19)/t13-/m1/s1. The third kappa shape index (κ3) is 3.93. The van der Waals surface area contributed by atoms with E-state index in [1.807, 2.05) is 0 Å². The average Bonchev–Trinajstić information content (AvgIpc) is 2.46. The molecule has 0 spiro atoms. The maximum absolute atomic E-state index is 12.3. The number of nitrogens with zero attached hydrogens (tertiary/aromatic N) is 2. The summed E-state index contributed by atoms with van der Waals surface area (Å²) in [6.45, 7) is 6.13. The van der Waals surface area contributed by atoms with Crippen LogP contribution in [0, 0.1) is 5.92 Å². The summed E-state index contributed by atoms with van der Waals surface area (Å²) in [6.07, 6.45) is 1.68. The van der Waals surface area contributed by atoms with Gasteiger partial charge in [-0.1, -0.05) is 0 Å². The summed E-state index contributed by atoms with van der Waals surface area (Å²) < 4.78 is 5.32. The fourth-order valence-corrected chi connectivity index (χ4v) is 2.83. The summed E-state index contributed by atoms with van der Waals surface area (Å²) in [7, 11) is 2.05. The zero-order chi connectivity index (χ0) is 14.5. The van der Waals surface area contributed by atoms with Gasteiger partial charge in [0.1, 0.15) is 0 Å². The van der Waals surface area contributed by atoms with E-state index in [9.17, 15) is 9.59 Å². The first-order chi connectivity index (χ1) is 9.58. The third-order valence-corrected chi connectivity index (χ3v) is 4.24. The number of piperazine rings is 1. The molecule has 2 rings (SSSR count). The van der Waals surface area contributed by atoms with Crippen LogP contribution < -0.4 is 5.32 Å². The number of Topliss-reactive ketones (excluding diaryl/α,β-unsaturated/α-hetero) is 1. The Morgan fingerprint density at radius 3 is 2.30 bits per heavy atom. The van der Waals surface area contributed by atoms with Gasteiger partial charge in [-0.15, -0.1) is 0 Å². The lowest BCUT2D eigenvalue weighted by atomic mass is 9.89. The molecule has 1 N–H and O–H groups in total. The molecule has 0 unspecified atom stereocenters. The van der Waals surface area contributed by atoms with Crippen LogP contribution in [-0.2, 0) is 9.53 Å². The highest BCUT2D eigenvalue weighted by Gasteiger charge is 2.30. The highest BCUT2D eigenvalue weighted by atomic mass is 16.5. The summed E-state index contributed by atoms with van der Waals surface area (Å²) in [6, 6.07) is -0.476. The molecule has 2 amide bonds. The zero-order valence-electron chi connectivity index (χ0n) is 12.4. The first kappa shape index (κ1) is 15.3. The molecule has 2 heterocycles. The van der Waals surface area contributed by atoms with E-state index in [1.165, 1.54) is 0 Å². The third-order valence-electron chi connectivity index (χ3n) is 4.24. The van der Waals surface area contributed by atoms with Crippen molar-refractivity contribution in [2.24, 2.45) is 5.92 Å². The van der Waals surface area contributed by atoms with Crippen LogP contribution in [0.15, 0.2) is 0 Å². The minimum atomic E-state index is -0.369. The van der Waals surface area contributed by atoms with Crippen molar-refractivity contribution in [1.82, 2.24) is 15.1 Å². The smallest absolute Gasteiger partial charge is 0.318 e. The number of ketones is 1. The molecular weight excluding hydrogens is 258 g/mol. The number of hydrogen-bond acceptors (Lipinski definition) is 4. The zero-order valence-corrected chi connectivity index (χ0v) is 12.4. The van der Waals surface area contributed by atoms with Crippen LogP contribution in [0.25, 0.3) is 0 Å². The Morgan fingerprint density at radius 2 is 1.75 bits per heavy atom. The Hall–Kier alpha value is -1.14. The van der Waals surface area contributed by atoms with E-state index in [4.69, 9.17) is 4.74 Å². The van der Waals surface area contributed by atoms with Crippen molar-refractivity contribution < 1.29 is 14.3 Å². The monoisotopic (exact) mass is 283 g/mol. The van der Waals surface area contributed by atoms with Crippen LogP contribution >= 0.6 is 0 Å². The van der Waals surface area contributed by atoms with Crippen LogP contribution in [0.1, 0.15) is 19.8 Å². The molecular formula is C14H25N3O3. The van der Waals surface area contributed by atoms with Gasteiger partial charge < -0.3 is 19.9 Å². The molecule has 0 radical (unpaired) electrons. The van der Waals surface area contributed by atoms with Gasteiger partial charge in [-0.2, -0.15) is 0 Å². The number of carbonyl (C=O) groups excluding carboxylic acids is 2. The predicted molar refractivity (Wildman–Crippen MR) is 75.6 cm³/mol. The van der Waals surface area contributed by atoms with Crippen LogP contribution in [-0.4, -0.2) is 74.1 Å². The SMILES string of the molecule is CC(=O)[C@@H](NC(=O)N1CCN(C)CC1)C1CCOCC1. The van der Waals surface area contributed by atoms with Gasteiger partial charge in [0, 0.05) is 39.4 Å². The molecule has 2 aliphatic heterocycles. The molecule has 2 saturated heterocycles. The number of ether oxygens (including phenoxy) is 1. The quantitative estimate of drug-likeness (QED) is 0.811. The Bertz CT molecular complexity index is 348. The van der Waals surface area contributed by atoms with Crippen molar-refractivity contribution in [3.63, 3.8) is 0 Å². The Morgan fingerprint density at radius 1 is 1.15 bits per heavy atom. The molecule has 0 aliphatic carbocycles. The number of nitrogens with one attached hydrogen (secondary N) is 1. The van der Waals surface area contributed by atoms with Crippen LogP contribution in [0.5, 0.6) is 0 Å². The van der Waals surface area contributed by atoms with Gasteiger partial charge in [-0.05, 0) is 32.7 Å². The minimum absolute atomic E-state index is 0.0411. The molecule has 2 fully saturated rings. The van der Waals surface area contributed by atoms with Crippen molar-refractivity contribution in [2.45, 2.75) is 25.8 Å². The van der Waals surface area contributed by atoms with E-state index in [0.717, 1.165) is 39.0 Å². The molecule has 114 valence electrons. The van der Waals surface area contributed by atoms with Crippen molar-refractivity contribution in [2.75, 3.05) is 46.4 Å². The van der Waals surface area contributed by atoms with Gasteiger partial charge >= 0.3 is 6.03 Å². The normalized spacial score (nSPS) is 23.4. The van der Waals surface area contributed by atoms with E-state index in [1.54, 1.807) is 11.8 Å². The molecule has 20 heavy (non-hydrogen) atoms. The summed E-state index contributed by atoms with van der Waals surface area (Å²) in [4.78, 5) is 28.1. The van der Waals surface area contributed by atoms with Crippen molar-refractivity contribution in [1.29, 1.82) is 0 Å². The lowest BCUT2D eigenvalue weighted by molar-refractivity contribution is -0.120. The molecule has 0 aromatic rings. The predicted octanol–water partition coefficient (Wildman–Crippen LogP) is 0.328. The van der Waals surface area contributed by atoms with Gasteiger partial charge in [0.15, 0.2) is 5.78 Å². The van der Waals surface area contributed by atoms with Crippen molar-refractivity contribution >= 4 is 11.8 Å². The summed E-state index contributed by atoms with van der Waals surface area (Å²) >= 11 is 0. The van der Waals surface area contributed by atoms with E-state index >= 15 is 0 Å². The lowest BCUT2D eigenvalue weighted by Gasteiger charge is -2.35. The average molecular weight is 283 g/mol. The summed E-state index contributed by atoms with van der Waals surface area (Å²) in [5.74, 6) is 0.247. The number of urea groups is 1. The topological polar surface area (TPSA) is 61.9 Å². The highest BCUT2D eigenvalue weighted by molar-refractivity contribution is 5.87. The van der Waals surface area contributed by atoms with Gasteiger partial charge in [0.25, 0.3) is 0 Å². The largest absolute Gasteiger partial charge is 0.381 e. The molecule has 6 heteroatoms. The first-order valence-electron chi connectivity index (χ1n) is 7.40. The number of hydrogen-bond donors (Lipinski definition) is 1. The minimum Gasteiger partial charge on any atom is -0.381 e. The molecule has 0 bridgehead atoms. The van der Waals surface area contributed by atoms with Crippen LogP contribution in [0.3, 0.4) is 0 Å². The molecule has 0 aromatic heterocycles. The molecule has 0 saturated carbocycles. The van der Waals surface area contributed by atoms with Gasteiger partial charge in [0.05, 0.1) is 6.04 Å². The van der Waals surface area contributed by atoms with Gasteiger partial charge in [-0.3, -0.25) is 4.79 Å². The fourth-order valence-electron chi connectivity index (χ4n) is 2.83. The Labute approximate surface area is 120 Å². The maximum Gasteiger partial charge on any atom is 0.318 e.